The summed E-state index contributed by atoms with van der Waals surface area (Å²) in [7, 11) is 2.09. The molecule has 0 bridgehead atoms. The molecule has 1 amide bonds. The number of likely N-dealkylation sites (N-methyl/N-ethyl adjacent to an activating group) is 1. The first-order valence-corrected chi connectivity index (χ1v) is 11.2. The van der Waals surface area contributed by atoms with E-state index in [1.54, 1.807) is 27.7 Å². The van der Waals surface area contributed by atoms with Gasteiger partial charge in [0.2, 0.25) is 0 Å². The van der Waals surface area contributed by atoms with Crippen molar-refractivity contribution < 1.29 is 4.79 Å². The van der Waals surface area contributed by atoms with Gasteiger partial charge in [-0.25, -0.2) is 5.01 Å². The normalized spacial score (nSPS) is 21.4. The second kappa shape index (κ2) is 8.03. The van der Waals surface area contributed by atoms with Gasteiger partial charge in [-0.1, -0.05) is 31.4 Å². The van der Waals surface area contributed by atoms with Crippen molar-refractivity contribution in [3.8, 4) is 0 Å². The number of thiophene rings is 2. The highest BCUT2D eigenvalue weighted by Gasteiger charge is 2.35. The Balaban J connectivity index is 1.51. The van der Waals surface area contributed by atoms with Gasteiger partial charge in [-0.05, 0) is 42.8 Å². The lowest BCUT2D eigenvalue weighted by Gasteiger charge is -2.32. The first-order valence-electron chi connectivity index (χ1n) is 9.39. The molecule has 26 heavy (non-hydrogen) atoms. The van der Waals surface area contributed by atoms with Gasteiger partial charge in [0.25, 0.3) is 5.91 Å². The van der Waals surface area contributed by atoms with E-state index in [2.05, 4.69) is 40.9 Å². The second-order valence-corrected chi connectivity index (χ2v) is 9.13. The SMILES string of the molecule is CN(CC(=O)N1N=C(c2cccs2)CC1c1cccs1)C1CCCCC1. The van der Waals surface area contributed by atoms with E-state index in [1.165, 1.54) is 41.9 Å². The number of hydrogen-bond donors (Lipinski definition) is 0. The van der Waals surface area contributed by atoms with E-state index < -0.39 is 0 Å². The molecule has 2 aromatic rings. The number of rotatable bonds is 5. The molecule has 0 N–H and O–H groups in total. The molecule has 3 heterocycles. The van der Waals surface area contributed by atoms with Gasteiger partial charge in [-0.15, -0.1) is 22.7 Å². The molecule has 1 unspecified atom stereocenters. The van der Waals surface area contributed by atoms with E-state index in [9.17, 15) is 4.79 Å². The maximum Gasteiger partial charge on any atom is 0.257 e. The molecular formula is C20H25N3OS2. The summed E-state index contributed by atoms with van der Waals surface area (Å²) >= 11 is 3.40. The second-order valence-electron chi connectivity index (χ2n) is 7.20. The van der Waals surface area contributed by atoms with Gasteiger partial charge in [-0.2, -0.15) is 5.10 Å². The molecular weight excluding hydrogens is 362 g/mol. The number of carbonyl (C=O) groups excluding carboxylic acids is 1. The third kappa shape index (κ3) is 3.77. The minimum absolute atomic E-state index is 0.0411. The summed E-state index contributed by atoms with van der Waals surface area (Å²) in [6.45, 7) is 0.452. The zero-order valence-corrected chi connectivity index (χ0v) is 16.8. The number of hydrogen-bond acceptors (Lipinski definition) is 5. The van der Waals surface area contributed by atoms with E-state index in [4.69, 9.17) is 5.10 Å². The lowest BCUT2D eigenvalue weighted by Crippen LogP contribution is -2.41. The molecule has 4 nitrogen and oxygen atoms in total. The van der Waals surface area contributed by atoms with E-state index in [-0.39, 0.29) is 11.9 Å². The molecule has 1 aliphatic carbocycles. The number of carbonyl (C=O) groups is 1. The standard InChI is InChI=1S/C20H25N3OS2/c1-22(15-7-3-2-4-8-15)14-20(24)23-17(19-10-6-12-26-19)13-16(21-23)18-9-5-11-25-18/h5-6,9-12,15,17H,2-4,7-8,13-14H2,1H3. The molecule has 1 saturated carbocycles. The highest BCUT2D eigenvalue weighted by Crippen LogP contribution is 2.36. The van der Waals surface area contributed by atoms with Crippen molar-refractivity contribution in [2.45, 2.75) is 50.6 Å². The van der Waals surface area contributed by atoms with Crippen molar-refractivity contribution in [2.75, 3.05) is 13.6 Å². The van der Waals surface area contributed by atoms with Gasteiger partial charge in [-0.3, -0.25) is 9.69 Å². The van der Waals surface area contributed by atoms with Crippen molar-refractivity contribution in [1.29, 1.82) is 0 Å². The van der Waals surface area contributed by atoms with Crippen LogP contribution in [0.25, 0.3) is 0 Å². The summed E-state index contributed by atoms with van der Waals surface area (Å²) in [6, 6.07) is 8.89. The summed E-state index contributed by atoms with van der Waals surface area (Å²) in [5.41, 5.74) is 1.03. The third-order valence-corrected chi connectivity index (χ3v) is 7.32. The average molecular weight is 388 g/mol. The van der Waals surface area contributed by atoms with Gasteiger partial charge in [0.1, 0.15) is 0 Å². The molecule has 4 rings (SSSR count). The van der Waals surface area contributed by atoms with Crippen LogP contribution in [-0.4, -0.2) is 41.2 Å². The minimum atomic E-state index is 0.0411. The fourth-order valence-electron chi connectivity index (χ4n) is 3.97. The van der Waals surface area contributed by atoms with Gasteiger partial charge in [0, 0.05) is 17.3 Å². The van der Waals surface area contributed by atoms with Crippen LogP contribution in [0.5, 0.6) is 0 Å². The van der Waals surface area contributed by atoms with Crippen LogP contribution in [0.3, 0.4) is 0 Å². The van der Waals surface area contributed by atoms with Gasteiger partial charge in [0.15, 0.2) is 0 Å². The molecule has 1 aliphatic heterocycles. The molecule has 0 saturated heterocycles. The Kier molecular flexibility index (Phi) is 5.52. The predicted octanol–water partition coefficient (Wildman–Crippen LogP) is 4.75. The summed E-state index contributed by atoms with van der Waals surface area (Å²) < 4.78 is 0. The topological polar surface area (TPSA) is 35.9 Å². The van der Waals surface area contributed by atoms with Crippen molar-refractivity contribution in [1.82, 2.24) is 9.91 Å². The number of hydrazone groups is 1. The van der Waals surface area contributed by atoms with Crippen LogP contribution in [0.2, 0.25) is 0 Å². The lowest BCUT2D eigenvalue weighted by molar-refractivity contribution is -0.134. The first kappa shape index (κ1) is 17.9. The summed E-state index contributed by atoms with van der Waals surface area (Å²) in [5, 5.41) is 10.7. The predicted molar refractivity (Wildman–Crippen MR) is 109 cm³/mol. The van der Waals surface area contributed by atoms with E-state index in [0.717, 1.165) is 12.1 Å². The first-order chi connectivity index (χ1) is 12.7. The Hall–Kier alpha value is -1.50. The smallest absolute Gasteiger partial charge is 0.257 e. The van der Waals surface area contributed by atoms with Crippen LogP contribution in [0, 0.1) is 0 Å². The van der Waals surface area contributed by atoms with Crippen molar-refractivity contribution >= 4 is 34.3 Å². The Morgan fingerprint density at radius 2 is 1.96 bits per heavy atom. The zero-order chi connectivity index (χ0) is 17.9. The van der Waals surface area contributed by atoms with Crippen molar-refractivity contribution in [2.24, 2.45) is 5.10 Å². The molecule has 0 aromatic carbocycles. The van der Waals surface area contributed by atoms with Crippen LogP contribution in [0.15, 0.2) is 40.1 Å². The zero-order valence-electron chi connectivity index (χ0n) is 15.1. The molecule has 0 radical (unpaired) electrons. The highest BCUT2D eigenvalue weighted by molar-refractivity contribution is 7.12. The summed E-state index contributed by atoms with van der Waals surface area (Å²) in [4.78, 5) is 17.7. The quantitative estimate of drug-likeness (QED) is 0.742. The largest absolute Gasteiger partial charge is 0.295 e. The van der Waals surface area contributed by atoms with E-state index in [1.807, 2.05) is 6.07 Å². The van der Waals surface area contributed by atoms with E-state index >= 15 is 0 Å². The Morgan fingerprint density at radius 1 is 1.19 bits per heavy atom. The van der Waals surface area contributed by atoms with Gasteiger partial charge in [0.05, 0.1) is 23.2 Å². The highest BCUT2D eigenvalue weighted by atomic mass is 32.1. The average Bonchev–Trinajstić information content (AvgIpc) is 3.42. The van der Waals surface area contributed by atoms with Crippen LogP contribution in [-0.2, 0) is 4.79 Å². The summed E-state index contributed by atoms with van der Waals surface area (Å²) in [6.07, 6.45) is 7.12. The van der Waals surface area contributed by atoms with Crippen LogP contribution < -0.4 is 0 Å². The molecule has 0 spiro atoms. The number of nitrogens with zero attached hydrogens (tertiary/aromatic N) is 3. The van der Waals surface area contributed by atoms with Crippen LogP contribution in [0.1, 0.15) is 54.3 Å². The molecule has 1 atom stereocenters. The lowest BCUT2D eigenvalue weighted by atomic mass is 9.94. The van der Waals surface area contributed by atoms with Crippen molar-refractivity contribution in [3.63, 3.8) is 0 Å². The van der Waals surface area contributed by atoms with Gasteiger partial charge >= 0.3 is 0 Å². The monoisotopic (exact) mass is 387 g/mol. The Bertz CT molecular complexity index is 748. The van der Waals surface area contributed by atoms with Gasteiger partial charge < -0.3 is 0 Å². The number of amides is 1. The molecule has 1 fully saturated rings. The fraction of sp³-hybridized carbons (Fsp3) is 0.500. The van der Waals surface area contributed by atoms with Crippen LogP contribution in [0.4, 0.5) is 0 Å². The maximum absolute atomic E-state index is 13.1. The van der Waals surface area contributed by atoms with Crippen LogP contribution >= 0.6 is 22.7 Å². The molecule has 138 valence electrons. The maximum atomic E-state index is 13.1. The van der Waals surface area contributed by atoms with Crippen molar-refractivity contribution in [3.05, 3.63) is 44.8 Å². The molecule has 6 heteroatoms. The Labute approximate surface area is 163 Å². The summed E-state index contributed by atoms with van der Waals surface area (Å²) in [5.74, 6) is 0.114. The molecule has 2 aliphatic rings. The Morgan fingerprint density at radius 3 is 2.65 bits per heavy atom. The fourth-order valence-corrected chi connectivity index (χ4v) is 5.50. The third-order valence-electron chi connectivity index (χ3n) is 5.43. The minimum Gasteiger partial charge on any atom is -0.295 e. The molecule has 2 aromatic heterocycles. The van der Waals surface area contributed by atoms with E-state index in [0.29, 0.717) is 12.6 Å².